The number of aryl methyl sites for hydroxylation is 1. The first-order chi connectivity index (χ1) is 14.5. The number of hydrogen-bond donors (Lipinski definition) is 2. The normalized spacial score (nSPS) is 17.4. The Kier molecular flexibility index (Phi) is 5.84. The number of carbonyl (C=O) groups excluding carboxylic acids is 3. The van der Waals surface area contributed by atoms with Crippen LogP contribution in [-0.2, 0) is 9.59 Å². The van der Waals surface area contributed by atoms with Crippen LogP contribution in [0, 0.1) is 6.92 Å². The van der Waals surface area contributed by atoms with Gasteiger partial charge in [0.05, 0.1) is 0 Å². The number of nitrogens with one attached hydrogen (secondary N) is 2. The van der Waals surface area contributed by atoms with E-state index >= 15 is 0 Å². The number of nitrogens with zero attached hydrogens (tertiary/aromatic N) is 1. The second-order valence-corrected chi connectivity index (χ2v) is 8.12. The quantitative estimate of drug-likeness (QED) is 0.771. The smallest absolute Gasteiger partial charge is 0.251 e. The summed E-state index contributed by atoms with van der Waals surface area (Å²) in [5.41, 5.74) is 2.76. The molecule has 0 spiro atoms. The van der Waals surface area contributed by atoms with Gasteiger partial charge >= 0.3 is 0 Å². The Labute approximate surface area is 176 Å². The number of amides is 3. The highest BCUT2D eigenvalue weighted by molar-refractivity contribution is 6.01. The van der Waals surface area contributed by atoms with E-state index in [1.807, 2.05) is 43.3 Å². The molecule has 2 aliphatic rings. The summed E-state index contributed by atoms with van der Waals surface area (Å²) in [5.74, 6) is -0.391. The van der Waals surface area contributed by atoms with Crippen molar-refractivity contribution < 1.29 is 14.4 Å². The lowest BCUT2D eigenvalue weighted by atomic mass is 10.00. The molecule has 0 aromatic heterocycles. The Morgan fingerprint density at radius 3 is 2.53 bits per heavy atom. The molecule has 0 radical (unpaired) electrons. The van der Waals surface area contributed by atoms with E-state index in [4.69, 9.17) is 0 Å². The fourth-order valence-electron chi connectivity index (χ4n) is 3.80. The number of rotatable bonds is 6. The van der Waals surface area contributed by atoms with Crippen LogP contribution in [0.15, 0.2) is 48.5 Å². The Balaban J connectivity index is 1.59. The van der Waals surface area contributed by atoms with E-state index in [0.717, 1.165) is 36.8 Å². The third-order valence-electron chi connectivity index (χ3n) is 5.71. The van der Waals surface area contributed by atoms with Crippen molar-refractivity contribution in [2.24, 2.45) is 0 Å². The molecule has 1 heterocycles. The molecule has 1 atom stereocenters. The molecular weight excluding hydrogens is 378 g/mol. The van der Waals surface area contributed by atoms with Crippen LogP contribution in [0.5, 0.6) is 0 Å². The van der Waals surface area contributed by atoms with Crippen molar-refractivity contribution in [3.63, 3.8) is 0 Å². The van der Waals surface area contributed by atoms with Crippen LogP contribution in [0.4, 0.5) is 5.69 Å². The molecule has 1 unspecified atom stereocenters. The highest BCUT2D eigenvalue weighted by Gasteiger charge is 2.33. The van der Waals surface area contributed by atoms with Gasteiger partial charge in [0.15, 0.2) is 0 Å². The zero-order valence-electron chi connectivity index (χ0n) is 17.2. The summed E-state index contributed by atoms with van der Waals surface area (Å²) in [6.07, 6.45) is 4.24. The Hall–Kier alpha value is -3.15. The van der Waals surface area contributed by atoms with Crippen LogP contribution in [0.2, 0.25) is 0 Å². The highest BCUT2D eigenvalue weighted by atomic mass is 16.2. The molecule has 1 aliphatic carbocycles. The number of carbonyl (C=O) groups is 3. The van der Waals surface area contributed by atoms with Crippen molar-refractivity contribution in [3.05, 3.63) is 65.2 Å². The molecule has 4 rings (SSSR count). The number of hydrogen-bond acceptors (Lipinski definition) is 3. The van der Waals surface area contributed by atoms with E-state index in [-0.39, 0.29) is 23.8 Å². The number of piperidine rings is 1. The van der Waals surface area contributed by atoms with Crippen molar-refractivity contribution in [3.8, 4) is 0 Å². The largest absolute Gasteiger partial charge is 0.349 e. The summed E-state index contributed by atoms with van der Waals surface area (Å²) in [5, 5.41) is 5.95. The molecule has 1 saturated heterocycles. The molecule has 6 heteroatoms. The number of benzene rings is 2. The van der Waals surface area contributed by atoms with Crippen LogP contribution < -0.4 is 10.6 Å². The van der Waals surface area contributed by atoms with Gasteiger partial charge in [-0.25, -0.2) is 0 Å². The molecule has 2 aromatic rings. The summed E-state index contributed by atoms with van der Waals surface area (Å²) in [4.78, 5) is 40.0. The molecule has 1 aliphatic heterocycles. The van der Waals surface area contributed by atoms with Crippen LogP contribution in [0.1, 0.15) is 59.6 Å². The van der Waals surface area contributed by atoms with Crippen molar-refractivity contribution in [1.82, 2.24) is 10.2 Å². The number of likely N-dealkylation sites (tertiary alicyclic amines) is 1. The van der Waals surface area contributed by atoms with Crippen LogP contribution >= 0.6 is 0 Å². The van der Waals surface area contributed by atoms with E-state index in [1.54, 1.807) is 17.0 Å². The average Bonchev–Trinajstić information content (AvgIpc) is 3.56. The molecule has 156 valence electrons. The summed E-state index contributed by atoms with van der Waals surface area (Å²) < 4.78 is 0. The van der Waals surface area contributed by atoms with Gasteiger partial charge in [-0.3, -0.25) is 14.4 Å². The van der Waals surface area contributed by atoms with Crippen LogP contribution in [0.25, 0.3) is 0 Å². The second kappa shape index (κ2) is 8.69. The van der Waals surface area contributed by atoms with E-state index in [2.05, 4.69) is 10.6 Å². The Morgan fingerprint density at radius 2 is 1.83 bits per heavy atom. The summed E-state index contributed by atoms with van der Waals surface area (Å²) in [6, 6.07) is 14.3. The van der Waals surface area contributed by atoms with Crippen molar-refractivity contribution >= 4 is 23.4 Å². The molecule has 30 heavy (non-hydrogen) atoms. The molecule has 3 amide bonds. The highest BCUT2D eigenvalue weighted by Crippen LogP contribution is 2.28. The average molecular weight is 405 g/mol. The van der Waals surface area contributed by atoms with Gasteiger partial charge in [-0.15, -0.1) is 0 Å². The maximum Gasteiger partial charge on any atom is 0.251 e. The third-order valence-corrected chi connectivity index (χ3v) is 5.71. The molecular formula is C24H27N3O3. The molecule has 6 nitrogen and oxygen atoms in total. The van der Waals surface area contributed by atoms with Gasteiger partial charge in [0, 0.05) is 30.3 Å². The Morgan fingerprint density at radius 1 is 1.07 bits per heavy atom. The van der Waals surface area contributed by atoms with E-state index < -0.39 is 6.04 Å². The van der Waals surface area contributed by atoms with Crippen molar-refractivity contribution in [1.29, 1.82) is 0 Å². The first-order valence-electron chi connectivity index (χ1n) is 10.6. The predicted molar refractivity (Wildman–Crippen MR) is 115 cm³/mol. The van der Waals surface area contributed by atoms with Gasteiger partial charge in [-0.2, -0.15) is 0 Å². The van der Waals surface area contributed by atoms with Crippen LogP contribution in [-0.4, -0.2) is 35.2 Å². The SMILES string of the molecule is Cc1ccc(C(=O)NC2CC2)cc1NC(=O)C(c1ccccc1)N1CCCCC1=O. The Bertz CT molecular complexity index is 953. The lowest BCUT2D eigenvalue weighted by molar-refractivity contribution is -0.141. The van der Waals surface area contributed by atoms with Gasteiger partial charge in [-0.05, 0) is 55.9 Å². The van der Waals surface area contributed by atoms with Gasteiger partial charge in [0.2, 0.25) is 5.91 Å². The van der Waals surface area contributed by atoms with Crippen LogP contribution in [0.3, 0.4) is 0 Å². The monoisotopic (exact) mass is 405 g/mol. The first kappa shape index (κ1) is 20.1. The topological polar surface area (TPSA) is 78.5 Å². The van der Waals surface area contributed by atoms with Gasteiger partial charge in [0.25, 0.3) is 11.8 Å². The molecule has 2 aromatic carbocycles. The maximum atomic E-state index is 13.4. The zero-order chi connectivity index (χ0) is 21.1. The standard InChI is InChI=1S/C24H27N3O3/c1-16-10-11-18(23(29)25-19-12-13-19)15-20(16)26-24(30)22(17-7-3-2-4-8-17)27-14-6-5-9-21(27)28/h2-4,7-8,10-11,15,19,22H,5-6,9,12-14H2,1H3,(H,25,29)(H,26,30). The lowest BCUT2D eigenvalue weighted by Gasteiger charge is -2.34. The molecule has 2 fully saturated rings. The minimum absolute atomic E-state index is 0.000429. The fraction of sp³-hybridized carbons (Fsp3) is 0.375. The zero-order valence-corrected chi connectivity index (χ0v) is 17.2. The fourth-order valence-corrected chi connectivity index (χ4v) is 3.80. The summed E-state index contributed by atoms with van der Waals surface area (Å²) in [6.45, 7) is 2.45. The van der Waals surface area contributed by atoms with E-state index in [0.29, 0.717) is 24.2 Å². The van der Waals surface area contributed by atoms with Gasteiger partial charge in [0.1, 0.15) is 6.04 Å². The van der Waals surface area contributed by atoms with Crippen molar-refractivity contribution in [2.75, 3.05) is 11.9 Å². The van der Waals surface area contributed by atoms with Gasteiger partial charge in [-0.1, -0.05) is 36.4 Å². The minimum atomic E-state index is -0.692. The third kappa shape index (κ3) is 4.53. The first-order valence-corrected chi connectivity index (χ1v) is 10.6. The van der Waals surface area contributed by atoms with Crippen molar-refractivity contribution in [2.45, 2.75) is 51.1 Å². The maximum absolute atomic E-state index is 13.4. The number of anilines is 1. The lowest BCUT2D eigenvalue weighted by Crippen LogP contribution is -2.43. The molecule has 0 bridgehead atoms. The molecule has 2 N–H and O–H groups in total. The summed E-state index contributed by atoms with van der Waals surface area (Å²) in [7, 11) is 0. The minimum Gasteiger partial charge on any atom is -0.349 e. The van der Waals surface area contributed by atoms with E-state index in [9.17, 15) is 14.4 Å². The second-order valence-electron chi connectivity index (χ2n) is 8.12. The predicted octanol–water partition coefficient (Wildman–Crippen LogP) is 3.58. The summed E-state index contributed by atoms with van der Waals surface area (Å²) >= 11 is 0. The van der Waals surface area contributed by atoms with Gasteiger partial charge < -0.3 is 15.5 Å². The van der Waals surface area contributed by atoms with E-state index in [1.165, 1.54) is 0 Å². The molecule has 1 saturated carbocycles.